The molecule has 0 aliphatic heterocycles. The number of hydrogen-bond donors (Lipinski definition) is 1. The van der Waals surface area contributed by atoms with E-state index < -0.39 is 12.1 Å². The molecule has 0 bridgehead atoms. The Balaban J connectivity index is 1.72. The van der Waals surface area contributed by atoms with Crippen molar-refractivity contribution in [3.8, 4) is 17.2 Å². The van der Waals surface area contributed by atoms with E-state index in [2.05, 4.69) is 5.32 Å². The zero-order valence-corrected chi connectivity index (χ0v) is 17.2. The Morgan fingerprint density at radius 1 is 1.03 bits per heavy atom. The van der Waals surface area contributed by atoms with Crippen molar-refractivity contribution in [1.29, 1.82) is 0 Å². The second-order valence-electron chi connectivity index (χ2n) is 6.47. The number of benzene rings is 2. The number of carbonyl (C=O) groups is 2. The maximum absolute atomic E-state index is 12.0. The van der Waals surface area contributed by atoms with Crippen molar-refractivity contribution in [2.24, 2.45) is 0 Å². The van der Waals surface area contributed by atoms with E-state index in [9.17, 15) is 9.59 Å². The summed E-state index contributed by atoms with van der Waals surface area (Å²) in [4.78, 5) is 23.9. The van der Waals surface area contributed by atoms with Gasteiger partial charge in [-0.25, -0.2) is 4.79 Å². The van der Waals surface area contributed by atoms with Crippen LogP contribution in [0.3, 0.4) is 0 Å². The fraction of sp³-hybridized carbons (Fsp3) is 0.364. The zero-order valence-electron chi connectivity index (χ0n) is 17.2. The van der Waals surface area contributed by atoms with Gasteiger partial charge in [0.05, 0.1) is 14.2 Å². The lowest BCUT2D eigenvalue weighted by Gasteiger charge is -2.14. The molecule has 29 heavy (non-hydrogen) atoms. The van der Waals surface area contributed by atoms with Crippen molar-refractivity contribution < 1.29 is 28.5 Å². The van der Waals surface area contributed by atoms with Crippen molar-refractivity contribution in [2.75, 3.05) is 27.4 Å². The summed E-state index contributed by atoms with van der Waals surface area (Å²) in [6.07, 6.45) is -0.205. The number of ether oxygens (including phenoxy) is 4. The van der Waals surface area contributed by atoms with Gasteiger partial charge in [0.25, 0.3) is 5.91 Å². The fourth-order valence-electron chi connectivity index (χ4n) is 2.63. The van der Waals surface area contributed by atoms with E-state index in [1.807, 2.05) is 43.3 Å². The molecule has 2 rings (SSSR count). The molecule has 1 atom stereocenters. The number of hydrogen-bond acceptors (Lipinski definition) is 6. The Morgan fingerprint density at radius 2 is 1.79 bits per heavy atom. The molecule has 0 spiro atoms. The van der Waals surface area contributed by atoms with E-state index in [1.165, 1.54) is 0 Å². The van der Waals surface area contributed by atoms with Crippen LogP contribution in [-0.2, 0) is 20.7 Å². The Labute approximate surface area is 170 Å². The number of methoxy groups -OCH3 is 2. The first kappa shape index (κ1) is 22.1. The van der Waals surface area contributed by atoms with Crippen LogP contribution in [0, 0.1) is 6.92 Å². The zero-order chi connectivity index (χ0) is 21.2. The van der Waals surface area contributed by atoms with Crippen LogP contribution in [-0.4, -0.2) is 45.4 Å². The van der Waals surface area contributed by atoms with Crippen molar-refractivity contribution in [1.82, 2.24) is 5.32 Å². The monoisotopic (exact) mass is 401 g/mol. The SMILES string of the molecule is COc1ccc(CCNC(=O)COC(=O)[C@@H](C)Oc2cccc(C)c2)cc1OC. The molecule has 1 amide bonds. The van der Waals surface area contributed by atoms with Crippen LogP contribution >= 0.6 is 0 Å². The van der Waals surface area contributed by atoms with Gasteiger partial charge in [0.1, 0.15) is 5.75 Å². The summed E-state index contributed by atoms with van der Waals surface area (Å²) in [7, 11) is 3.15. The number of nitrogens with one attached hydrogen (secondary N) is 1. The molecule has 0 saturated heterocycles. The summed E-state index contributed by atoms with van der Waals surface area (Å²) in [5, 5.41) is 2.72. The molecular weight excluding hydrogens is 374 g/mol. The van der Waals surface area contributed by atoms with Crippen LogP contribution in [0.5, 0.6) is 17.2 Å². The molecule has 0 saturated carbocycles. The van der Waals surface area contributed by atoms with Crippen molar-refractivity contribution >= 4 is 11.9 Å². The molecule has 7 nitrogen and oxygen atoms in total. The van der Waals surface area contributed by atoms with Crippen LogP contribution in [0.2, 0.25) is 0 Å². The number of amides is 1. The molecule has 1 N–H and O–H groups in total. The maximum atomic E-state index is 12.0. The van der Waals surface area contributed by atoms with E-state index in [-0.39, 0.29) is 12.5 Å². The minimum absolute atomic E-state index is 0.355. The molecule has 2 aromatic carbocycles. The highest BCUT2D eigenvalue weighted by Gasteiger charge is 2.17. The lowest BCUT2D eigenvalue weighted by Crippen LogP contribution is -2.33. The Kier molecular flexibility index (Phi) is 8.33. The topological polar surface area (TPSA) is 83.1 Å². The molecule has 0 aliphatic rings. The average molecular weight is 401 g/mol. The lowest BCUT2D eigenvalue weighted by molar-refractivity contribution is -0.154. The second kappa shape index (κ2) is 10.9. The summed E-state index contributed by atoms with van der Waals surface area (Å²) >= 11 is 0. The highest BCUT2D eigenvalue weighted by molar-refractivity contribution is 5.82. The number of aryl methyl sites for hydroxylation is 1. The molecule has 0 heterocycles. The minimum Gasteiger partial charge on any atom is -0.493 e. The average Bonchev–Trinajstić information content (AvgIpc) is 2.71. The lowest BCUT2D eigenvalue weighted by atomic mass is 10.1. The van der Waals surface area contributed by atoms with Crippen LogP contribution in [0.25, 0.3) is 0 Å². The van der Waals surface area contributed by atoms with E-state index in [0.29, 0.717) is 30.2 Å². The van der Waals surface area contributed by atoms with Crippen LogP contribution in [0.1, 0.15) is 18.1 Å². The first-order valence-electron chi connectivity index (χ1n) is 9.30. The van der Waals surface area contributed by atoms with Crippen molar-refractivity contribution in [3.05, 3.63) is 53.6 Å². The van der Waals surface area contributed by atoms with E-state index >= 15 is 0 Å². The normalized spacial score (nSPS) is 11.3. The summed E-state index contributed by atoms with van der Waals surface area (Å²) in [5.74, 6) is 0.888. The van der Waals surface area contributed by atoms with Crippen LogP contribution in [0.4, 0.5) is 0 Å². The first-order valence-corrected chi connectivity index (χ1v) is 9.30. The first-order chi connectivity index (χ1) is 13.9. The number of esters is 1. The van der Waals surface area contributed by atoms with E-state index in [4.69, 9.17) is 18.9 Å². The standard InChI is InChI=1S/C22H27NO6/c1-15-6-5-7-18(12-15)29-16(2)22(25)28-14-21(24)23-11-10-17-8-9-19(26-3)20(13-17)27-4/h5-9,12-13,16H,10-11,14H2,1-4H3,(H,23,24)/t16-/m1/s1. The Hall–Kier alpha value is -3.22. The Bertz CT molecular complexity index is 836. The minimum atomic E-state index is -0.809. The van der Waals surface area contributed by atoms with Gasteiger partial charge in [0, 0.05) is 6.54 Å². The molecule has 156 valence electrons. The number of rotatable bonds is 10. The summed E-state index contributed by atoms with van der Waals surface area (Å²) in [5.41, 5.74) is 2.01. The Morgan fingerprint density at radius 3 is 2.48 bits per heavy atom. The van der Waals surface area contributed by atoms with E-state index in [0.717, 1.165) is 11.1 Å². The predicted octanol–water partition coefficient (Wildman–Crippen LogP) is 2.68. The van der Waals surface area contributed by atoms with Gasteiger partial charge in [0.15, 0.2) is 24.2 Å². The van der Waals surface area contributed by atoms with Gasteiger partial charge in [-0.15, -0.1) is 0 Å². The van der Waals surface area contributed by atoms with Crippen LogP contribution < -0.4 is 19.5 Å². The van der Waals surface area contributed by atoms with Gasteiger partial charge in [-0.2, -0.15) is 0 Å². The summed E-state index contributed by atoms with van der Waals surface area (Å²) in [6.45, 7) is 3.56. The third kappa shape index (κ3) is 7.03. The van der Waals surface area contributed by atoms with Crippen molar-refractivity contribution in [2.45, 2.75) is 26.4 Å². The third-order valence-electron chi connectivity index (χ3n) is 4.16. The van der Waals surface area contributed by atoms with Gasteiger partial charge in [-0.3, -0.25) is 4.79 Å². The van der Waals surface area contributed by atoms with Gasteiger partial charge in [0.2, 0.25) is 0 Å². The highest BCUT2D eigenvalue weighted by Crippen LogP contribution is 2.27. The third-order valence-corrected chi connectivity index (χ3v) is 4.16. The number of carbonyl (C=O) groups excluding carboxylic acids is 2. The quantitative estimate of drug-likeness (QED) is 0.617. The molecule has 0 aromatic heterocycles. The van der Waals surface area contributed by atoms with E-state index in [1.54, 1.807) is 27.2 Å². The van der Waals surface area contributed by atoms with Crippen molar-refractivity contribution in [3.63, 3.8) is 0 Å². The largest absolute Gasteiger partial charge is 0.493 e. The van der Waals surface area contributed by atoms with Crippen LogP contribution in [0.15, 0.2) is 42.5 Å². The molecule has 2 aromatic rings. The smallest absolute Gasteiger partial charge is 0.347 e. The molecular formula is C22H27NO6. The fourth-order valence-corrected chi connectivity index (χ4v) is 2.63. The van der Waals surface area contributed by atoms with Gasteiger partial charge < -0.3 is 24.3 Å². The molecule has 0 radical (unpaired) electrons. The molecule has 0 fully saturated rings. The molecule has 0 unspecified atom stereocenters. The summed E-state index contributed by atoms with van der Waals surface area (Å²) < 4.78 is 21.0. The van der Waals surface area contributed by atoms with Gasteiger partial charge in [-0.05, 0) is 55.7 Å². The molecule has 0 aliphatic carbocycles. The van der Waals surface area contributed by atoms with Gasteiger partial charge >= 0.3 is 5.97 Å². The predicted molar refractivity (Wildman–Crippen MR) is 108 cm³/mol. The second-order valence-corrected chi connectivity index (χ2v) is 6.47. The van der Waals surface area contributed by atoms with Gasteiger partial charge in [-0.1, -0.05) is 18.2 Å². The summed E-state index contributed by atoms with van der Waals surface area (Å²) in [6, 6.07) is 12.9. The highest BCUT2D eigenvalue weighted by atomic mass is 16.6. The molecule has 7 heteroatoms. The maximum Gasteiger partial charge on any atom is 0.347 e.